The Labute approximate surface area is 156 Å². The Bertz CT molecular complexity index is 890. The zero-order chi connectivity index (χ0) is 18.1. The first-order valence-electron chi connectivity index (χ1n) is 8.32. The van der Waals surface area contributed by atoms with Crippen molar-refractivity contribution >= 4 is 34.6 Å². The molecule has 2 aromatic carbocycles. The van der Waals surface area contributed by atoms with Gasteiger partial charge in [0.15, 0.2) is 0 Å². The van der Waals surface area contributed by atoms with Gasteiger partial charge < -0.3 is 9.80 Å². The summed E-state index contributed by atoms with van der Waals surface area (Å²) in [5.41, 5.74) is 1.80. The summed E-state index contributed by atoms with van der Waals surface area (Å²) in [5, 5.41) is 16.0. The van der Waals surface area contributed by atoms with Crippen molar-refractivity contribution in [3.8, 4) is 6.07 Å². The van der Waals surface area contributed by atoms with Crippen LogP contribution >= 0.6 is 11.6 Å². The number of carbonyl (C=O) groups excluding carboxylic acids is 1. The molecular weight excluding hydrogens is 350 g/mol. The Morgan fingerprint density at radius 1 is 1.04 bits per heavy atom. The summed E-state index contributed by atoms with van der Waals surface area (Å²) >= 11 is 5.99. The third-order valence-corrected chi connectivity index (χ3v) is 4.88. The lowest BCUT2D eigenvalue weighted by Crippen LogP contribution is -2.64. The second kappa shape index (κ2) is 6.70. The Kier molecular flexibility index (Phi) is 4.23. The van der Waals surface area contributed by atoms with Crippen molar-refractivity contribution in [1.82, 2.24) is 4.90 Å². The number of fused-ring (bicyclic) bond motifs is 1. The molecule has 0 aliphatic carbocycles. The Balaban J connectivity index is 1.71. The van der Waals surface area contributed by atoms with Crippen LogP contribution in [-0.2, 0) is 4.79 Å². The molecule has 0 bridgehead atoms. The summed E-state index contributed by atoms with van der Waals surface area (Å²) in [7, 11) is 0. The van der Waals surface area contributed by atoms with E-state index in [0.717, 1.165) is 11.4 Å². The second-order valence-electron chi connectivity index (χ2n) is 6.14. The number of nitriles is 1. The minimum absolute atomic E-state index is 0.0932. The number of rotatable bonds is 2. The van der Waals surface area contributed by atoms with E-state index in [0.29, 0.717) is 24.7 Å². The number of halogens is 1. The maximum atomic E-state index is 12.6. The van der Waals surface area contributed by atoms with Gasteiger partial charge in [0.2, 0.25) is 5.71 Å². The number of hydrogen-bond donors (Lipinski definition) is 0. The summed E-state index contributed by atoms with van der Waals surface area (Å²) in [6.07, 6.45) is -0.283. The van der Waals surface area contributed by atoms with E-state index in [4.69, 9.17) is 11.6 Å². The monoisotopic (exact) mass is 365 g/mol. The van der Waals surface area contributed by atoms with E-state index < -0.39 is 0 Å². The highest BCUT2D eigenvalue weighted by molar-refractivity contribution is 6.45. The van der Waals surface area contributed by atoms with Crippen molar-refractivity contribution in [2.75, 3.05) is 29.5 Å². The van der Waals surface area contributed by atoms with E-state index in [2.05, 4.69) is 22.1 Å². The molecule has 0 radical (unpaired) electrons. The van der Waals surface area contributed by atoms with Gasteiger partial charge in [0.1, 0.15) is 12.2 Å². The number of carbonyl (C=O) groups is 1. The van der Waals surface area contributed by atoms with Gasteiger partial charge in [-0.15, -0.1) is 0 Å². The van der Waals surface area contributed by atoms with Crippen molar-refractivity contribution in [3.63, 3.8) is 0 Å². The van der Waals surface area contributed by atoms with Crippen LogP contribution in [-0.4, -0.2) is 42.3 Å². The summed E-state index contributed by atoms with van der Waals surface area (Å²) < 4.78 is 0. The average Bonchev–Trinajstić information content (AvgIpc) is 2.69. The van der Waals surface area contributed by atoms with Crippen LogP contribution < -0.4 is 9.91 Å². The van der Waals surface area contributed by atoms with Gasteiger partial charge in [-0.3, -0.25) is 4.79 Å². The molecule has 2 aliphatic rings. The van der Waals surface area contributed by atoms with Crippen molar-refractivity contribution in [1.29, 1.82) is 5.26 Å². The lowest BCUT2D eigenvalue weighted by Gasteiger charge is -2.47. The van der Waals surface area contributed by atoms with E-state index >= 15 is 0 Å². The van der Waals surface area contributed by atoms with E-state index in [-0.39, 0.29) is 17.8 Å². The van der Waals surface area contributed by atoms with Crippen molar-refractivity contribution < 1.29 is 4.79 Å². The van der Waals surface area contributed by atoms with Crippen LogP contribution in [0, 0.1) is 11.3 Å². The van der Waals surface area contributed by atoms with E-state index in [9.17, 15) is 10.1 Å². The third kappa shape index (κ3) is 2.87. The standard InChI is InChI=1S/C19H16ClN5O/c20-14-6-8-16(9-7-14)25-18-13-23(15-4-2-1-3-5-15)10-11-24(18)19(26)17(12-21)22-25/h1-9,18H,10-11,13H2/t18-/m0/s1. The summed E-state index contributed by atoms with van der Waals surface area (Å²) in [6.45, 7) is 1.84. The molecule has 2 heterocycles. The number of hydrogen-bond acceptors (Lipinski definition) is 5. The van der Waals surface area contributed by atoms with Gasteiger partial charge >= 0.3 is 0 Å². The average molecular weight is 366 g/mol. The highest BCUT2D eigenvalue weighted by atomic mass is 35.5. The first kappa shape index (κ1) is 16.4. The zero-order valence-corrected chi connectivity index (χ0v) is 14.7. The van der Waals surface area contributed by atoms with Gasteiger partial charge in [0.25, 0.3) is 5.91 Å². The molecule has 2 aliphatic heterocycles. The summed E-state index contributed by atoms with van der Waals surface area (Å²) in [4.78, 5) is 16.5. The number of para-hydroxylation sites is 1. The Morgan fingerprint density at radius 2 is 1.77 bits per heavy atom. The molecule has 26 heavy (non-hydrogen) atoms. The molecule has 0 aromatic heterocycles. The molecule has 1 fully saturated rings. The van der Waals surface area contributed by atoms with Gasteiger partial charge in [-0.05, 0) is 36.4 Å². The van der Waals surface area contributed by atoms with Crippen LogP contribution in [0.2, 0.25) is 5.02 Å². The molecule has 1 saturated heterocycles. The SMILES string of the molecule is N#CC1=NN(c2ccc(Cl)cc2)[C@H]2CN(c3ccccc3)CCN2C1=O. The van der Waals surface area contributed by atoms with Gasteiger partial charge in [-0.1, -0.05) is 29.8 Å². The first-order valence-corrected chi connectivity index (χ1v) is 8.69. The maximum absolute atomic E-state index is 12.6. The molecule has 2 aromatic rings. The number of piperazine rings is 1. The van der Waals surface area contributed by atoms with Crippen LogP contribution in [0.5, 0.6) is 0 Å². The molecule has 6 nitrogen and oxygen atoms in total. The Hall–Kier alpha value is -3.04. The van der Waals surface area contributed by atoms with Crippen molar-refractivity contribution in [2.24, 2.45) is 5.10 Å². The second-order valence-corrected chi connectivity index (χ2v) is 6.58. The predicted octanol–water partition coefficient (Wildman–Crippen LogP) is 2.71. The highest BCUT2D eigenvalue weighted by Gasteiger charge is 2.40. The molecule has 0 N–H and O–H groups in total. The van der Waals surface area contributed by atoms with Crippen molar-refractivity contribution in [2.45, 2.75) is 6.17 Å². The van der Waals surface area contributed by atoms with Crippen LogP contribution in [0.4, 0.5) is 11.4 Å². The molecule has 1 amide bonds. The fraction of sp³-hybridized carbons (Fsp3) is 0.211. The lowest BCUT2D eigenvalue weighted by molar-refractivity contribution is -0.127. The highest BCUT2D eigenvalue weighted by Crippen LogP contribution is 2.29. The minimum atomic E-state index is -0.310. The van der Waals surface area contributed by atoms with Crippen LogP contribution in [0.1, 0.15) is 0 Å². The number of hydrazone groups is 1. The summed E-state index contributed by atoms with van der Waals surface area (Å²) in [5.74, 6) is -0.310. The number of nitrogens with zero attached hydrogens (tertiary/aromatic N) is 5. The maximum Gasteiger partial charge on any atom is 0.287 e. The van der Waals surface area contributed by atoms with Crippen LogP contribution in [0.25, 0.3) is 0 Å². The number of benzene rings is 2. The lowest BCUT2D eigenvalue weighted by atomic mass is 10.1. The number of amides is 1. The molecule has 7 heteroatoms. The van der Waals surface area contributed by atoms with E-state index in [1.807, 2.05) is 36.4 Å². The molecule has 1 atom stereocenters. The zero-order valence-electron chi connectivity index (χ0n) is 13.9. The van der Waals surface area contributed by atoms with Gasteiger partial charge in [-0.2, -0.15) is 10.4 Å². The third-order valence-electron chi connectivity index (χ3n) is 4.63. The van der Waals surface area contributed by atoms with Crippen LogP contribution in [0.15, 0.2) is 59.7 Å². The quantitative estimate of drug-likeness (QED) is 0.821. The molecular formula is C19H16ClN5O. The molecule has 0 saturated carbocycles. The van der Waals surface area contributed by atoms with Crippen molar-refractivity contribution in [3.05, 3.63) is 59.6 Å². The number of anilines is 2. The van der Waals surface area contributed by atoms with Crippen LogP contribution in [0.3, 0.4) is 0 Å². The van der Waals surface area contributed by atoms with Gasteiger partial charge in [0, 0.05) is 23.8 Å². The van der Waals surface area contributed by atoms with Gasteiger partial charge in [0.05, 0.1) is 12.2 Å². The molecule has 0 spiro atoms. The fourth-order valence-electron chi connectivity index (χ4n) is 3.33. The summed E-state index contributed by atoms with van der Waals surface area (Å²) in [6, 6.07) is 19.2. The van der Waals surface area contributed by atoms with E-state index in [1.54, 1.807) is 22.0 Å². The normalized spacial score (nSPS) is 19.7. The molecule has 130 valence electrons. The van der Waals surface area contributed by atoms with Gasteiger partial charge in [-0.25, -0.2) is 5.01 Å². The largest absolute Gasteiger partial charge is 0.366 e. The fourth-order valence-corrected chi connectivity index (χ4v) is 3.46. The topological polar surface area (TPSA) is 62.9 Å². The van der Waals surface area contributed by atoms with E-state index in [1.165, 1.54) is 0 Å². The smallest absolute Gasteiger partial charge is 0.287 e. The Morgan fingerprint density at radius 3 is 2.46 bits per heavy atom. The minimum Gasteiger partial charge on any atom is -0.366 e. The predicted molar refractivity (Wildman–Crippen MR) is 101 cm³/mol. The molecule has 0 unspecified atom stereocenters. The molecule has 4 rings (SSSR count). The first-order chi connectivity index (χ1) is 12.7.